The molecular weight excluding hydrogens is 191 g/mol. The molecule has 0 amide bonds. The first kappa shape index (κ1) is 12.6. The summed E-state index contributed by atoms with van der Waals surface area (Å²) in [5.41, 5.74) is 0. The summed E-state index contributed by atoms with van der Waals surface area (Å²) in [7, 11) is 0. The molecule has 0 heterocycles. The van der Waals surface area contributed by atoms with E-state index in [1.54, 1.807) is 0 Å². The Morgan fingerprint density at radius 3 is 2.17 bits per heavy atom. The molecule has 12 heavy (non-hydrogen) atoms. The number of hydrogen-bond donors (Lipinski definition) is 0. The van der Waals surface area contributed by atoms with Crippen molar-refractivity contribution >= 4 is 23.2 Å². The minimum Gasteiger partial charge on any atom is -0.127 e. The third kappa shape index (κ3) is 8.67. The van der Waals surface area contributed by atoms with Crippen molar-refractivity contribution in [3.8, 4) is 0 Å². The van der Waals surface area contributed by atoms with Crippen molar-refractivity contribution in [1.29, 1.82) is 0 Å². The molecule has 0 radical (unpaired) electrons. The van der Waals surface area contributed by atoms with Gasteiger partial charge in [0.2, 0.25) is 0 Å². The van der Waals surface area contributed by atoms with Crippen molar-refractivity contribution in [2.75, 3.05) is 5.88 Å². The third-order valence-corrected chi connectivity index (χ3v) is 2.89. The van der Waals surface area contributed by atoms with Gasteiger partial charge in [0.15, 0.2) is 0 Å². The Bertz CT molecular complexity index is 83.9. The molecule has 0 fully saturated rings. The summed E-state index contributed by atoms with van der Waals surface area (Å²) in [5, 5.41) is 0.401. The molecule has 0 saturated carbocycles. The Morgan fingerprint density at radius 2 is 1.58 bits per heavy atom. The molecule has 0 nitrogen and oxygen atoms in total. The zero-order valence-electron chi connectivity index (χ0n) is 7.99. The van der Waals surface area contributed by atoms with Crippen LogP contribution >= 0.6 is 23.2 Å². The maximum absolute atomic E-state index is 5.98. The van der Waals surface area contributed by atoms with Crippen molar-refractivity contribution in [3.05, 3.63) is 0 Å². The highest BCUT2D eigenvalue weighted by Gasteiger charge is 1.99. The minimum atomic E-state index is 0.401. The van der Waals surface area contributed by atoms with E-state index in [1.165, 1.54) is 38.5 Å². The molecule has 0 spiro atoms. The first-order valence-corrected chi connectivity index (χ1v) is 5.98. The van der Waals surface area contributed by atoms with Crippen LogP contribution in [0.4, 0.5) is 0 Å². The van der Waals surface area contributed by atoms with Crippen LogP contribution in [0.15, 0.2) is 0 Å². The van der Waals surface area contributed by atoms with Crippen LogP contribution in [0.25, 0.3) is 0 Å². The van der Waals surface area contributed by atoms with Gasteiger partial charge in [0.1, 0.15) is 0 Å². The molecule has 0 aliphatic heterocycles. The molecule has 2 heteroatoms. The molecule has 0 N–H and O–H groups in total. The number of unbranched alkanes of at least 4 members (excludes halogenated alkanes) is 4. The largest absolute Gasteiger partial charge is 0.127 e. The van der Waals surface area contributed by atoms with E-state index in [4.69, 9.17) is 23.2 Å². The molecule has 0 aliphatic rings. The van der Waals surface area contributed by atoms with Crippen LogP contribution in [-0.4, -0.2) is 11.3 Å². The van der Waals surface area contributed by atoms with Crippen LogP contribution in [0.1, 0.15) is 51.9 Å². The van der Waals surface area contributed by atoms with Crippen LogP contribution < -0.4 is 0 Å². The molecule has 0 aromatic heterocycles. The molecule has 1 atom stereocenters. The van der Waals surface area contributed by atoms with E-state index in [0.717, 1.165) is 12.3 Å². The van der Waals surface area contributed by atoms with E-state index >= 15 is 0 Å². The van der Waals surface area contributed by atoms with Crippen molar-refractivity contribution in [3.63, 3.8) is 0 Å². The van der Waals surface area contributed by atoms with Gasteiger partial charge >= 0.3 is 0 Å². The van der Waals surface area contributed by atoms with Gasteiger partial charge in [-0.3, -0.25) is 0 Å². The Hall–Kier alpha value is 0.580. The SMILES string of the molecule is CCC(Cl)CCCCCCCCl. The molecule has 0 rings (SSSR count). The van der Waals surface area contributed by atoms with Crippen molar-refractivity contribution in [2.45, 2.75) is 57.2 Å². The highest BCUT2D eigenvalue weighted by Crippen LogP contribution is 2.13. The summed E-state index contributed by atoms with van der Waals surface area (Å²) in [6.07, 6.45) is 8.65. The lowest BCUT2D eigenvalue weighted by molar-refractivity contribution is 0.590. The molecule has 0 aromatic carbocycles. The summed E-state index contributed by atoms with van der Waals surface area (Å²) < 4.78 is 0. The van der Waals surface area contributed by atoms with E-state index in [-0.39, 0.29) is 0 Å². The fraction of sp³-hybridized carbons (Fsp3) is 1.00. The minimum absolute atomic E-state index is 0.401. The van der Waals surface area contributed by atoms with Crippen LogP contribution in [0, 0.1) is 0 Å². The van der Waals surface area contributed by atoms with E-state index in [0.29, 0.717) is 5.38 Å². The first-order valence-electron chi connectivity index (χ1n) is 5.01. The number of rotatable bonds is 8. The van der Waals surface area contributed by atoms with Gasteiger partial charge < -0.3 is 0 Å². The lowest BCUT2D eigenvalue weighted by Gasteiger charge is -2.04. The third-order valence-electron chi connectivity index (χ3n) is 2.09. The topological polar surface area (TPSA) is 0 Å². The quantitative estimate of drug-likeness (QED) is 0.407. The average Bonchev–Trinajstić information content (AvgIpc) is 2.10. The fourth-order valence-electron chi connectivity index (χ4n) is 1.19. The van der Waals surface area contributed by atoms with E-state index in [2.05, 4.69) is 6.92 Å². The smallest absolute Gasteiger partial charge is 0.0333 e. The fourth-order valence-corrected chi connectivity index (χ4v) is 1.54. The van der Waals surface area contributed by atoms with E-state index < -0.39 is 0 Å². The molecule has 74 valence electrons. The second-order valence-electron chi connectivity index (χ2n) is 3.25. The van der Waals surface area contributed by atoms with Gasteiger partial charge in [-0.25, -0.2) is 0 Å². The van der Waals surface area contributed by atoms with Crippen LogP contribution in [0.2, 0.25) is 0 Å². The highest BCUT2D eigenvalue weighted by atomic mass is 35.5. The maximum Gasteiger partial charge on any atom is 0.0333 e. The first-order chi connectivity index (χ1) is 5.81. The van der Waals surface area contributed by atoms with E-state index in [1.807, 2.05) is 0 Å². The monoisotopic (exact) mass is 210 g/mol. The molecule has 1 unspecified atom stereocenters. The zero-order valence-corrected chi connectivity index (χ0v) is 9.50. The average molecular weight is 211 g/mol. The highest BCUT2D eigenvalue weighted by molar-refractivity contribution is 6.20. The molecule has 0 saturated heterocycles. The Kier molecular flexibility index (Phi) is 10.1. The number of halogens is 2. The number of hydrogen-bond acceptors (Lipinski definition) is 0. The van der Waals surface area contributed by atoms with Gasteiger partial charge in [-0.2, -0.15) is 0 Å². The number of alkyl halides is 2. The Morgan fingerprint density at radius 1 is 1.00 bits per heavy atom. The standard InChI is InChI=1S/C10H20Cl2/c1-2-10(12)8-6-4-3-5-7-9-11/h10H,2-9H2,1H3. The summed E-state index contributed by atoms with van der Waals surface area (Å²) in [6.45, 7) is 2.14. The van der Waals surface area contributed by atoms with E-state index in [9.17, 15) is 0 Å². The van der Waals surface area contributed by atoms with Gasteiger partial charge in [-0.15, -0.1) is 23.2 Å². The van der Waals surface area contributed by atoms with Gasteiger partial charge in [0.25, 0.3) is 0 Å². The molecule has 0 aromatic rings. The van der Waals surface area contributed by atoms with Crippen LogP contribution in [0.5, 0.6) is 0 Å². The predicted octanol–water partition coefficient (Wildman–Crippen LogP) is 4.58. The van der Waals surface area contributed by atoms with Gasteiger partial charge in [-0.05, 0) is 19.3 Å². The van der Waals surface area contributed by atoms with Crippen molar-refractivity contribution < 1.29 is 0 Å². The lowest BCUT2D eigenvalue weighted by Crippen LogP contribution is -1.95. The van der Waals surface area contributed by atoms with Crippen LogP contribution in [-0.2, 0) is 0 Å². The predicted molar refractivity (Wildman–Crippen MR) is 58.4 cm³/mol. The Balaban J connectivity index is 2.90. The summed E-state index contributed by atoms with van der Waals surface area (Å²) in [5.74, 6) is 0.813. The zero-order chi connectivity index (χ0) is 9.23. The van der Waals surface area contributed by atoms with Gasteiger partial charge in [0, 0.05) is 11.3 Å². The maximum atomic E-state index is 5.98. The second kappa shape index (κ2) is 9.67. The summed E-state index contributed by atoms with van der Waals surface area (Å²) in [4.78, 5) is 0. The van der Waals surface area contributed by atoms with Gasteiger partial charge in [0.05, 0.1) is 0 Å². The van der Waals surface area contributed by atoms with Crippen molar-refractivity contribution in [2.24, 2.45) is 0 Å². The molecule has 0 aliphatic carbocycles. The van der Waals surface area contributed by atoms with Crippen LogP contribution in [0.3, 0.4) is 0 Å². The lowest BCUT2D eigenvalue weighted by atomic mass is 10.1. The molecule has 0 bridgehead atoms. The second-order valence-corrected chi connectivity index (χ2v) is 4.25. The molecular formula is C10H20Cl2. The van der Waals surface area contributed by atoms with Gasteiger partial charge in [-0.1, -0.05) is 32.6 Å². The normalized spacial score (nSPS) is 13.2. The summed E-state index contributed by atoms with van der Waals surface area (Å²) >= 11 is 11.6. The summed E-state index contributed by atoms with van der Waals surface area (Å²) in [6, 6.07) is 0. The Labute approximate surface area is 86.6 Å². The van der Waals surface area contributed by atoms with Crippen molar-refractivity contribution in [1.82, 2.24) is 0 Å².